The Morgan fingerprint density at radius 1 is 1.26 bits per heavy atom. The third-order valence-electron chi connectivity index (χ3n) is 2.71. The fourth-order valence-corrected chi connectivity index (χ4v) is 2.02. The quantitative estimate of drug-likeness (QED) is 0.707. The maximum Gasteiger partial charge on any atom is 0.141 e. The molecule has 4 heteroatoms. The lowest BCUT2D eigenvalue weighted by atomic mass is 10.1. The van der Waals surface area contributed by atoms with Crippen molar-refractivity contribution in [2.75, 3.05) is 19.8 Å². The van der Waals surface area contributed by atoms with Gasteiger partial charge in [-0.2, -0.15) is 0 Å². The maximum absolute atomic E-state index is 6.17. The van der Waals surface area contributed by atoms with Gasteiger partial charge in [-0.15, -0.1) is 0 Å². The van der Waals surface area contributed by atoms with E-state index in [0.29, 0.717) is 18.2 Å². The van der Waals surface area contributed by atoms with E-state index in [1.165, 1.54) is 0 Å². The topological polar surface area (TPSA) is 44.5 Å². The molecule has 108 valence electrons. The molecule has 0 spiro atoms. The van der Waals surface area contributed by atoms with Crippen molar-refractivity contribution in [1.82, 2.24) is 0 Å². The van der Waals surface area contributed by atoms with Gasteiger partial charge in [0.1, 0.15) is 12.4 Å². The van der Waals surface area contributed by atoms with Gasteiger partial charge in [-0.1, -0.05) is 37.1 Å². The predicted molar refractivity (Wildman–Crippen MR) is 80.0 cm³/mol. The lowest BCUT2D eigenvalue weighted by molar-refractivity contribution is 0.0977. The van der Waals surface area contributed by atoms with Gasteiger partial charge >= 0.3 is 0 Å². The molecule has 2 N–H and O–H groups in total. The number of hydrogen-bond donors (Lipinski definition) is 1. The fourth-order valence-electron chi connectivity index (χ4n) is 1.77. The molecular formula is C15H24ClNO2. The number of ether oxygens (including phenoxy) is 2. The molecule has 0 aliphatic heterocycles. The number of benzene rings is 1. The van der Waals surface area contributed by atoms with Gasteiger partial charge in [0.15, 0.2) is 0 Å². The molecule has 1 aromatic carbocycles. The minimum absolute atomic E-state index is 0.0848. The zero-order valence-electron chi connectivity index (χ0n) is 11.8. The molecule has 0 aliphatic carbocycles. The molecule has 1 rings (SSSR count). The maximum atomic E-state index is 6.17. The third-order valence-corrected chi connectivity index (χ3v) is 3.00. The average molecular weight is 286 g/mol. The molecule has 0 heterocycles. The summed E-state index contributed by atoms with van der Waals surface area (Å²) in [6.07, 6.45) is 2.98. The molecule has 1 atom stereocenters. The zero-order valence-corrected chi connectivity index (χ0v) is 12.6. The molecule has 0 bridgehead atoms. The molecule has 3 nitrogen and oxygen atoms in total. The normalized spacial score (nSPS) is 12.4. The summed E-state index contributed by atoms with van der Waals surface area (Å²) in [5.74, 6) is 0.737. The van der Waals surface area contributed by atoms with Crippen molar-refractivity contribution in [3.05, 3.63) is 28.8 Å². The molecule has 1 aromatic rings. The van der Waals surface area contributed by atoms with Gasteiger partial charge in [-0.3, -0.25) is 0 Å². The number of nitrogens with two attached hydrogens (primary N) is 1. The van der Waals surface area contributed by atoms with Crippen molar-refractivity contribution in [1.29, 1.82) is 0 Å². The predicted octanol–water partition coefficient (Wildman–Crippen LogP) is 3.43. The van der Waals surface area contributed by atoms with Crippen molar-refractivity contribution < 1.29 is 9.47 Å². The molecule has 0 fully saturated rings. The summed E-state index contributed by atoms with van der Waals surface area (Å²) in [6, 6.07) is 5.84. The Balaban J connectivity index is 2.47. The molecular weight excluding hydrogens is 262 g/mol. The summed E-state index contributed by atoms with van der Waals surface area (Å²) in [7, 11) is 0. The monoisotopic (exact) mass is 285 g/mol. The van der Waals surface area contributed by atoms with E-state index in [0.717, 1.165) is 37.2 Å². The minimum atomic E-state index is 0.0848. The summed E-state index contributed by atoms with van der Waals surface area (Å²) in [5, 5.41) is 0.631. The largest absolute Gasteiger partial charge is 0.489 e. The standard InChI is InChI=1S/C15H24ClNO2/c1-3-4-8-18-9-10-19-15-13(11-12(2)17)6-5-7-14(15)16/h5-7,12H,3-4,8-11,17H2,1-2H3. The lowest BCUT2D eigenvalue weighted by Crippen LogP contribution is -2.18. The van der Waals surface area contributed by atoms with Gasteiger partial charge in [0.25, 0.3) is 0 Å². The van der Waals surface area contributed by atoms with Crippen LogP contribution in [0.3, 0.4) is 0 Å². The smallest absolute Gasteiger partial charge is 0.141 e. The Kier molecular flexibility index (Phi) is 7.87. The first-order chi connectivity index (χ1) is 9.15. The van der Waals surface area contributed by atoms with Crippen LogP contribution < -0.4 is 10.5 Å². The van der Waals surface area contributed by atoms with Crippen LogP contribution in [0.2, 0.25) is 5.02 Å². The summed E-state index contributed by atoms with van der Waals surface area (Å²) < 4.78 is 11.2. The van der Waals surface area contributed by atoms with Crippen LogP contribution in [-0.2, 0) is 11.2 Å². The van der Waals surface area contributed by atoms with Crippen LogP contribution in [0.15, 0.2) is 18.2 Å². The third kappa shape index (κ3) is 6.28. The first-order valence-electron chi connectivity index (χ1n) is 6.88. The van der Waals surface area contributed by atoms with Crippen molar-refractivity contribution in [3.8, 4) is 5.75 Å². The van der Waals surface area contributed by atoms with Crippen molar-refractivity contribution >= 4 is 11.6 Å². The lowest BCUT2D eigenvalue weighted by Gasteiger charge is -2.14. The van der Waals surface area contributed by atoms with Gasteiger partial charge in [-0.25, -0.2) is 0 Å². The minimum Gasteiger partial charge on any atom is -0.489 e. The van der Waals surface area contributed by atoms with Gasteiger partial charge in [0.2, 0.25) is 0 Å². The number of hydrogen-bond acceptors (Lipinski definition) is 3. The first-order valence-corrected chi connectivity index (χ1v) is 7.26. The summed E-state index contributed by atoms with van der Waals surface area (Å²) in [5.41, 5.74) is 6.88. The summed E-state index contributed by atoms with van der Waals surface area (Å²) >= 11 is 6.17. The molecule has 1 unspecified atom stereocenters. The molecule has 0 aromatic heterocycles. The fraction of sp³-hybridized carbons (Fsp3) is 0.600. The summed E-state index contributed by atoms with van der Waals surface area (Å²) in [4.78, 5) is 0. The first kappa shape index (κ1) is 16.3. The van der Waals surface area contributed by atoms with E-state index in [4.69, 9.17) is 26.8 Å². The number of rotatable bonds is 9. The van der Waals surface area contributed by atoms with Crippen LogP contribution in [0.4, 0.5) is 0 Å². The van der Waals surface area contributed by atoms with E-state index in [1.807, 2.05) is 25.1 Å². The number of halogens is 1. The van der Waals surface area contributed by atoms with Crippen LogP contribution in [0.5, 0.6) is 5.75 Å². The highest BCUT2D eigenvalue weighted by molar-refractivity contribution is 6.32. The Bertz CT molecular complexity index is 369. The van der Waals surface area contributed by atoms with E-state index in [9.17, 15) is 0 Å². The number of unbranched alkanes of at least 4 members (excludes halogenated alkanes) is 1. The molecule has 0 amide bonds. The SMILES string of the molecule is CCCCOCCOc1c(Cl)cccc1CC(C)N. The Labute approximate surface area is 121 Å². The molecule has 0 radical (unpaired) electrons. The molecule has 0 saturated heterocycles. The van der Waals surface area contributed by atoms with Gasteiger partial charge in [0.05, 0.1) is 11.6 Å². The van der Waals surface area contributed by atoms with E-state index >= 15 is 0 Å². The van der Waals surface area contributed by atoms with E-state index in [1.54, 1.807) is 0 Å². The highest BCUT2D eigenvalue weighted by Gasteiger charge is 2.10. The van der Waals surface area contributed by atoms with Crippen LogP contribution >= 0.6 is 11.6 Å². The highest BCUT2D eigenvalue weighted by Crippen LogP contribution is 2.29. The second kappa shape index (κ2) is 9.18. The van der Waals surface area contributed by atoms with Crippen molar-refractivity contribution in [3.63, 3.8) is 0 Å². The average Bonchev–Trinajstić information content (AvgIpc) is 2.35. The van der Waals surface area contributed by atoms with Crippen LogP contribution in [0.25, 0.3) is 0 Å². The van der Waals surface area contributed by atoms with Crippen molar-refractivity contribution in [2.45, 2.75) is 39.2 Å². The molecule has 0 saturated carbocycles. The van der Waals surface area contributed by atoms with Crippen LogP contribution in [0.1, 0.15) is 32.3 Å². The van der Waals surface area contributed by atoms with Crippen molar-refractivity contribution in [2.24, 2.45) is 5.73 Å². The Morgan fingerprint density at radius 3 is 2.74 bits per heavy atom. The van der Waals surface area contributed by atoms with Gasteiger partial charge in [0, 0.05) is 12.6 Å². The van der Waals surface area contributed by atoms with E-state index < -0.39 is 0 Å². The highest BCUT2D eigenvalue weighted by atomic mass is 35.5. The molecule has 19 heavy (non-hydrogen) atoms. The van der Waals surface area contributed by atoms with Crippen LogP contribution in [-0.4, -0.2) is 25.9 Å². The number of para-hydroxylation sites is 1. The second-order valence-corrected chi connectivity index (χ2v) is 5.13. The van der Waals surface area contributed by atoms with Crippen LogP contribution in [0, 0.1) is 0 Å². The van der Waals surface area contributed by atoms with E-state index in [-0.39, 0.29) is 6.04 Å². The second-order valence-electron chi connectivity index (χ2n) is 4.72. The van der Waals surface area contributed by atoms with E-state index in [2.05, 4.69) is 6.92 Å². The molecule has 0 aliphatic rings. The Hall–Kier alpha value is -0.770. The van der Waals surface area contributed by atoms with Gasteiger partial charge in [-0.05, 0) is 31.4 Å². The van der Waals surface area contributed by atoms with Gasteiger partial charge < -0.3 is 15.2 Å². The summed E-state index contributed by atoms with van der Waals surface area (Å²) in [6.45, 7) is 6.00. The zero-order chi connectivity index (χ0) is 14.1. The Morgan fingerprint density at radius 2 is 2.05 bits per heavy atom.